The van der Waals surface area contributed by atoms with Gasteiger partial charge in [-0.25, -0.2) is 0 Å². The molecule has 9 nitrogen and oxygen atoms in total. The van der Waals surface area contributed by atoms with Crippen LogP contribution in [0.25, 0.3) is 0 Å². The van der Waals surface area contributed by atoms with Crippen molar-refractivity contribution in [3.05, 3.63) is 68.7 Å². The average molecular weight is 398 g/mol. The molecule has 1 aromatic heterocycles. The van der Waals surface area contributed by atoms with Crippen molar-refractivity contribution in [3.63, 3.8) is 0 Å². The monoisotopic (exact) mass is 398 g/mol. The molecule has 0 saturated carbocycles. The summed E-state index contributed by atoms with van der Waals surface area (Å²) in [7, 11) is 0. The topological polar surface area (TPSA) is 167 Å². The maximum atomic E-state index is 9.90. The predicted molar refractivity (Wildman–Crippen MR) is 50.9 cm³/mol. The van der Waals surface area contributed by atoms with Gasteiger partial charge < -0.3 is 14.0 Å². The fourth-order valence-corrected chi connectivity index (χ4v) is 0.263. The van der Waals surface area contributed by atoms with Gasteiger partial charge in [0.1, 0.15) is 0 Å². The van der Waals surface area contributed by atoms with Crippen LogP contribution in [0.3, 0.4) is 0 Å². The molecule has 0 aliphatic rings. The van der Waals surface area contributed by atoms with E-state index in [2.05, 4.69) is 51.1 Å². The first kappa shape index (κ1) is 59.4. The van der Waals surface area contributed by atoms with Crippen LogP contribution in [0.2, 0.25) is 0 Å². The molecule has 0 aliphatic heterocycles. The zero-order valence-corrected chi connectivity index (χ0v) is 12.2. The normalized spacial score (nSPS) is 3.09. The van der Waals surface area contributed by atoms with Gasteiger partial charge in [-0.2, -0.15) is 0 Å². The van der Waals surface area contributed by atoms with E-state index in [4.69, 9.17) is 32.7 Å². The van der Waals surface area contributed by atoms with Crippen LogP contribution in [0.1, 0.15) is 0 Å². The van der Waals surface area contributed by atoms with E-state index in [9.17, 15) is 4.79 Å². The van der Waals surface area contributed by atoms with Crippen LogP contribution >= 0.6 is 0 Å². The molecule has 0 bridgehead atoms. The first-order chi connectivity index (χ1) is 9.89. The largest absolute Gasteiger partial charge is 3.00 e. The molecule has 1 aromatic rings. The minimum absolute atomic E-state index is 0. The van der Waals surface area contributed by atoms with Crippen LogP contribution in [0, 0.1) is 39.9 Å². The van der Waals surface area contributed by atoms with Gasteiger partial charge in [0.25, 0.3) is 0 Å². The summed E-state index contributed by atoms with van der Waals surface area (Å²) < 4.78 is 49.3. The summed E-state index contributed by atoms with van der Waals surface area (Å²) in [4.78, 5) is 17.7. The van der Waals surface area contributed by atoms with Crippen molar-refractivity contribution in [2.75, 3.05) is 0 Å². The van der Waals surface area contributed by atoms with Crippen LogP contribution in [-0.2, 0) is 66.3 Å². The molecule has 22 heavy (non-hydrogen) atoms. The van der Waals surface area contributed by atoms with Crippen molar-refractivity contribution in [3.8, 4) is 0 Å². The number of carbonyl (C=O) groups excluding carboxylic acids is 1. The third-order valence-electron chi connectivity index (χ3n) is 0.495. The fraction of sp³-hybridized carbons (Fsp3) is 0. The van der Waals surface area contributed by atoms with Gasteiger partial charge >= 0.3 is 84.6 Å². The van der Waals surface area contributed by atoms with Crippen molar-refractivity contribution in [2.24, 2.45) is 0 Å². The van der Waals surface area contributed by atoms with Crippen LogP contribution in [0.4, 0.5) is 0 Å². The summed E-state index contributed by atoms with van der Waals surface area (Å²) in [6.45, 7) is 30.2. The molecule has 119 valence electrons. The SMILES string of the molecule is O=c1cc[cH-]o1.[C-]#[O+].[C-]#[O+].[C-]#[O+].[C-]#[O+].[C-]#[O+].[C-]#[O+].[CH-]=O.[Co+3].[Co]. The zero-order valence-electron chi connectivity index (χ0n) is 10.2. The Bertz CT molecular complexity index is 332. The van der Waals surface area contributed by atoms with Crippen LogP contribution in [0.5, 0.6) is 0 Å². The van der Waals surface area contributed by atoms with E-state index in [1.807, 2.05) is 0 Å². The Labute approximate surface area is 146 Å². The van der Waals surface area contributed by atoms with Crippen molar-refractivity contribution >= 4 is 6.79 Å². The second-order valence-corrected chi connectivity index (χ2v) is 0.932. The van der Waals surface area contributed by atoms with E-state index in [1.165, 1.54) is 12.3 Å². The van der Waals surface area contributed by atoms with Crippen molar-refractivity contribution in [1.82, 2.24) is 0 Å². The summed E-state index contributed by atoms with van der Waals surface area (Å²) in [5.41, 5.74) is -0.282. The Morgan fingerprint density at radius 1 is 0.818 bits per heavy atom. The molecule has 1 radical (unpaired) electrons. The number of rotatable bonds is 0. The van der Waals surface area contributed by atoms with Gasteiger partial charge in [0, 0.05) is 16.8 Å². The molecule has 0 N–H and O–H groups in total. The molecule has 0 amide bonds. The molecular weight excluding hydrogens is 394 g/mol. The van der Waals surface area contributed by atoms with Gasteiger partial charge in [-0.15, -0.1) is 12.1 Å². The van der Waals surface area contributed by atoms with E-state index in [-0.39, 0.29) is 39.2 Å². The molecule has 1 rings (SSSR count). The Balaban J connectivity index is -0.0000000135. The third-order valence-corrected chi connectivity index (χ3v) is 0.495. The van der Waals surface area contributed by atoms with E-state index in [0.29, 0.717) is 0 Å². The molecule has 0 unspecified atom stereocenters. The summed E-state index contributed by atoms with van der Waals surface area (Å²) in [5.74, 6) is 0. The summed E-state index contributed by atoms with van der Waals surface area (Å²) in [6, 6.07) is 2.92. The molecule has 0 aliphatic carbocycles. The van der Waals surface area contributed by atoms with E-state index >= 15 is 0 Å². The molecule has 1 heterocycles. The maximum absolute atomic E-state index is 9.90. The predicted octanol–water partition coefficient (Wildman–Crippen LogP) is -0.145. The molecule has 0 fully saturated rings. The van der Waals surface area contributed by atoms with Gasteiger partial charge in [-0.05, 0) is 6.26 Å². The summed E-state index contributed by atoms with van der Waals surface area (Å²) in [6.07, 6.45) is 1.35. The van der Waals surface area contributed by atoms with Gasteiger partial charge in [0.15, 0.2) is 5.63 Å². The quantitative estimate of drug-likeness (QED) is 0.337. The zero-order chi connectivity index (χ0) is 18.4. The maximum Gasteiger partial charge on any atom is 3.00 e. The molecule has 0 aromatic carbocycles. The van der Waals surface area contributed by atoms with Crippen molar-refractivity contribution < 1.29 is 70.7 Å². The van der Waals surface area contributed by atoms with Crippen LogP contribution in [0.15, 0.2) is 27.6 Å². The van der Waals surface area contributed by atoms with E-state index < -0.39 is 0 Å². The van der Waals surface area contributed by atoms with Crippen LogP contribution < -0.4 is 5.63 Å². The third kappa shape index (κ3) is 199. The molecule has 0 spiro atoms. The standard InChI is InChI=1S/C4H3O2.CHO.6CO.2Co/c5-4-2-1-3-6-4;7*1-2;;/h1-3H;1H;;;;;;;;/q2*-1;;;;;;;;+3. The molecular formula is C11H4Co2O9+. The Morgan fingerprint density at radius 3 is 1.09 bits per heavy atom. The van der Waals surface area contributed by atoms with E-state index in [0.717, 1.165) is 0 Å². The van der Waals surface area contributed by atoms with Gasteiger partial charge in [0.2, 0.25) is 0 Å². The van der Waals surface area contributed by atoms with Crippen molar-refractivity contribution in [2.45, 2.75) is 0 Å². The second-order valence-electron chi connectivity index (χ2n) is 0.932. The summed E-state index contributed by atoms with van der Waals surface area (Å²) >= 11 is 0. The smallest absolute Gasteiger partial charge is 0.545 e. The second kappa shape index (κ2) is 235. The minimum Gasteiger partial charge on any atom is -0.545 e. The summed E-state index contributed by atoms with van der Waals surface area (Å²) in [5, 5.41) is 0. The average Bonchev–Trinajstić information content (AvgIpc) is 3.11. The number of hydrogen-bond donors (Lipinski definition) is 0. The number of hydrogen-bond acceptors (Lipinski definition) is 3. The Hall–Kier alpha value is -1.80. The van der Waals surface area contributed by atoms with Gasteiger partial charge in [-0.3, -0.25) is 6.79 Å². The first-order valence-electron chi connectivity index (χ1n) is 3.06. The van der Waals surface area contributed by atoms with Crippen molar-refractivity contribution in [1.29, 1.82) is 0 Å². The Morgan fingerprint density at radius 2 is 1.05 bits per heavy atom. The molecule has 0 saturated heterocycles. The Kier molecular flexibility index (Phi) is 634. The number of furan rings is 1. The fourth-order valence-electron chi connectivity index (χ4n) is 0.263. The van der Waals surface area contributed by atoms with Gasteiger partial charge in [0.05, 0.1) is 0 Å². The van der Waals surface area contributed by atoms with Crippen LogP contribution in [-0.4, -0.2) is 6.79 Å². The first-order valence-corrected chi connectivity index (χ1v) is 3.06. The van der Waals surface area contributed by atoms with E-state index in [1.54, 1.807) is 6.07 Å². The molecule has 0 atom stereocenters. The minimum atomic E-state index is -0.282. The van der Waals surface area contributed by atoms with Gasteiger partial charge in [-0.1, -0.05) is 0 Å². The molecule has 11 heteroatoms.